The van der Waals surface area contributed by atoms with Gasteiger partial charge in [0, 0.05) is 43.1 Å². The van der Waals surface area contributed by atoms with Crippen LogP contribution in [0, 0.1) is 5.92 Å². The molecule has 10 heteroatoms. The molecule has 4 aromatic rings. The lowest BCUT2D eigenvalue weighted by Gasteiger charge is -2.29. The summed E-state index contributed by atoms with van der Waals surface area (Å²) in [5.74, 6) is 3.12. The van der Waals surface area contributed by atoms with E-state index in [4.69, 9.17) is 14.2 Å². The van der Waals surface area contributed by atoms with E-state index in [0.29, 0.717) is 40.0 Å². The number of nitrogens with zero attached hydrogens (tertiary/aromatic N) is 3. The highest BCUT2D eigenvalue weighted by molar-refractivity contribution is 7.25. The number of aromatic nitrogens is 3. The molecule has 0 unspecified atom stereocenters. The average Bonchev–Trinajstić information content (AvgIpc) is 3.48. The number of ether oxygens (including phenoxy) is 3. The summed E-state index contributed by atoms with van der Waals surface area (Å²) in [5, 5.41) is 0. The molecule has 0 radical (unpaired) electrons. The quantitative estimate of drug-likeness (QED) is 0.383. The number of thiophene rings is 1. The molecule has 36 heavy (non-hydrogen) atoms. The Morgan fingerprint density at radius 3 is 2.81 bits per heavy atom. The first-order valence-electron chi connectivity index (χ1n) is 12.2. The number of methoxy groups -OCH3 is 2. The molecule has 1 saturated heterocycles. The Bertz CT molecular complexity index is 1540. The number of pyridine rings is 1. The molecular weight excluding hydrogens is 480 g/mol. The largest absolute Gasteiger partial charge is 0.496 e. The van der Waals surface area contributed by atoms with Gasteiger partial charge in [-0.25, -0.2) is 9.78 Å². The Hall–Kier alpha value is -3.37. The van der Waals surface area contributed by atoms with Crippen molar-refractivity contribution in [3.63, 3.8) is 0 Å². The molecule has 2 aliphatic rings. The number of hydrogen-bond acceptors (Lipinski definition) is 8. The molecule has 0 amide bonds. The summed E-state index contributed by atoms with van der Waals surface area (Å²) in [7, 11) is 3.25. The molecule has 0 bridgehead atoms. The third-order valence-corrected chi connectivity index (χ3v) is 8.46. The number of hydrogen-bond donors (Lipinski definition) is 1. The highest BCUT2D eigenvalue weighted by atomic mass is 32.1. The second-order valence-electron chi connectivity index (χ2n) is 9.41. The van der Waals surface area contributed by atoms with Crippen LogP contribution < -0.4 is 25.5 Å². The van der Waals surface area contributed by atoms with Crippen molar-refractivity contribution in [1.82, 2.24) is 19.4 Å². The van der Waals surface area contributed by atoms with Gasteiger partial charge in [0.05, 0.1) is 31.0 Å². The highest BCUT2D eigenvalue weighted by Crippen LogP contribution is 2.46. The van der Waals surface area contributed by atoms with Crippen molar-refractivity contribution in [3.8, 4) is 17.4 Å². The Morgan fingerprint density at radius 2 is 1.97 bits per heavy atom. The highest BCUT2D eigenvalue weighted by Gasteiger charge is 2.40. The normalized spacial score (nSPS) is 19.3. The van der Waals surface area contributed by atoms with Gasteiger partial charge in [-0.2, -0.15) is 0 Å². The summed E-state index contributed by atoms with van der Waals surface area (Å²) in [5.41, 5.74) is 1.60. The second-order valence-corrected chi connectivity index (χ2v) is 10.5. The number of likely N-dealkylation sites (tertiary alicyclic amines) is 1. The van der Waals surface area contributed by atoms with E-state index in [9.17, 15) is 9.59 Å². The molecular formula is C26H28N4O5S. The van der Waals surface area contributed by atoms with E-state index in [2.05, 4.69) is 14.9 Å². The fourth-order valence-electron chi connectivity index (χ4n) is 5.57. The van der Waals surface area contributed by atoms with Crippen LogP contribution in [-0.2, 0) is 6.54 Å². The molecule has 0 aliphatic carbocycles. The Kier molecular flexibility index (Phi) is 5.93. The van der Waals surface area contributed by atoms with Crippen LogP contribution in [-0.4, -0.2) is 59.9 Å². The maximum absolute atomic E-state index is 13.1. The minimum atomic E-state index is -0.398. The zero-order valence-corrected chi connectivity index (χ0v) is 21.1. The number of H-pyrrole nitrogens is 1. The maximum Gasteiger partial charge on any atom is 0.328 e. The van der Waals surface area contributed by atoms with Crippen molar-refractivity contribution >= 4 is 31.8 Å². The summed E-state index contributed by atoms with van der Waals surface area (Å²) < 4.78 is 19.5. The number of fused-ring (bicyclic) bond motifs is 6. The molecule has 9 nitrogen and oxygen atoms in total. The summed E-state index contributed by atoms with van der Waals surface area (Å²) in [6, 6.07) is 9.61. The number of unbranched alkanes of at least 4 members (excludes halogenated alkanes) is 1. The van der Waals surface area contributed by atoms with E-state index in [0.717, 1.165) is 55.3 Å². The third kappa shape index (κ3) is 3.84. The fourth-order valence-corrected chi connectivity index (χ4v) is 6.61. The van der Waals surface area contributed by atoms with Crippen LogP contribution in [0.4, 0.5) is 0 Å². The predicted octanol–water partition coefficient (Wildman–Crippen LogP) is 3.20. The van der Waals surface area contributed by atoms with Gasteiger partial charge in [-0.3, -0.25) is 9.36 Å². The van der Waals surface area contributed by atoms with Gasteiger partial charge in [0.1, 0.15) is 21.7 Å². The molecule has 188 valence electrons. The van der Waals surface area contributed by atoms with Crippen LogP contribution in [0.5, 0.6) is 17.4 Å². The minimum absolute atomic E-state index is 0.260. The molecule has 0 spiro atoms. The van der Waals surface area contributed by atoms with E-state index >= 15 is 0 Å². The van der Waals surface area contributed by atoms with Gasteiger partial charge < -0.3 is 24.1 Å². The van der Waals surface area contributed by atoms with Gasteiger partial charge in [0.2, 0.25) is 5.88 Å². The van der Waals surface area contributed by atoms with Gasteiger partial charge >= 0.3 is 5.69 Å². The zero-order valence-electron chi connectivity index (χ0n) is 20.3. The number of nitrogens with one attached hydrogen (secondary N) is 1. The van der Waals surface area contributed by atoms with Gasteiger partial charge in [-0.05, 0) is 37.6 Å². The summed E-state index contributed by atoms with van der Waals surface area (Å²) in [6.07, 6.45) is 1.64. The van der Waals surface area contributed by atoms with Gasteiger partial charge in [0.25, 0.3) is 5.56 Å². The van der Waals surface area contributed by atoms with Gasteiger partial charge in [-0.1, -0.05) is 6.07 Å². The molecule has 2 atom stereocenters. The molecule has 2 aliphatic heterocycles. The first kappa shape index (κ1) is 23.1. The van der Waals surface area contributed by atoms with Gasteiger partial charge in [-0.15, -0.1) is 11.3 Å². The fraction of sp³-hybridized carbons (Fsp3) is 0.423. The van der Waals surface area contributed by atoms with Crippen molar-refractivity contribution in [2.75, 3.05) is 40.5 Å². The smallest absolute Gasteiger partial charge is 0.328 e. The van der Waals surface area contributed by atoms with Crippen molar-refractivity contribution in [2.45, 2.75) is 25.3 Å². The van der Waals surface area contributed by atoms with Crippen LogP contribution in [0.1, 0.15) is 24.3 Å². The minimum Gasteiger partial charge on any atom is -0.496 e. The zero-order chi connectivity index (χ0) is 24.8. The summed E-state index contributed by atoms with van der Waals surface area (Å²) in [6.45, 7) is 3.97. The number of rotatable bonds is 7. The maximum atomic E-state index is 13.1. The Balaban J connectivity index is 1.13. The van der Waals surface area contributed by atoms with Crippen LogP contribution in [0.2, 0.25) is 0 Å². The van der Waals surface area contributed by atoms with Crippen molar-refractivity contribution in [3.05, 3.63) is 56.7 Å². The molecule has 1 fully saturated rings. The molecule has 5 heterocycles. The SMILES string of the molecule is COc1ccc2sc3c(=O)n(CCCCN4C[C@H]5COc6cccc(OC)c6[C@@H]5C4)c(=O)[nH]c3c2n1. The molecule has 0 saturated carbocycles. The lowest BCUT2D eigenvalue weighted by atomic mass is 9.86. The lowest BCUT2D eigenvalue weighted by molar-refractivity contribution is 0.209. The second kappa shape index (κ2) is 9.25. The van der Waals surface area contributed by atoms with E-state index < -0.39 is 5.69 Å². The van der Waals surface area contributed by atoms with Crippen molar-refractivity contribution in [2.24, 2.45) is 5.92 Å². The lowest BCUT2D eigenvalue weighted by Crippen LogP contribution is -2.34. The van der Waals surface area contributed by atoms with Gasteiger partial charge in [0.15, 0.2) is 0 Å². The summed E-state index contributed by atoms with van der Waals surface area (Å²) >= 11 is 1.35. The third-order valence-electron chi connectivity index (χ3n) is 7.33. The van der Waals surface area contributed by atoms with Crippen molar-refractivity contribution < 1.29 is 14.2 Å². The Morgan fingerprint density at radius 1 is 1.11 bits per heavy atom. The van der Waals surface area contributed by atoms with Crippen molar-refractivity contribution in [1.29, 1.82) is 0 Å². The van der Waals surface area contributed by atoms with Crippen LogP contribution in [0.3, 0.4) is 0 Å². The predicted molar refractivity (Wildman–Crippen MR) is 139 cm³/mol. The average molecular weight is 509 g/mol. The molecule has 1 N–H and O–H groups in total. The molecule has 6 rings (SSSR count). The van der Waals surface area contributed by atoms with Crippen LogP contribution >= 0.6 is 11.3 Å². The Labute approximate surface area is 211 Å². The van der Waals surface area contributed by atoms with E-state index in [1.165, 1.54) is 28.6 Å². The van der Waals surface area contributed by atoms with E-state index in [1.807, 2.05) is 24.3 Å². The first-order valence-corrected chi connectivity index (χ1v) is 13.0. The first-order chi connectivity index (χ1) is 17.6. The van der Waals surface area contributed by atoms with Crippen LogP contribution in [0.15, 0.2) is 39.9 Å². The molecule has 1 aromatic carbocycles. The standard InChI is InChI=1S/C26H28N4O5S/c1-33-17-6-5-7-18-21(17)16-13-29(12-15(16)14-35-18)10-3-4-11-30-25(31)24-23(28-26(30)32)22-19(36-24)8-9-20(27-22)34-2/h5-9,15-16H,3-4,10-14H2,1-2H3,(H,28,32)/t15-,16+/m0/s1. The van der Waals surface area contributed by atoms with E-state index in [1.54, 1.807) is 13.2 Å². The topological polar surface area (TPSA) is 98.7 Å². The molecule has 3 aromatic heterocycles. The van der Waals surface area contributed by atoms with E-state index in [-0.39, 0.29) is 5.56 Å². The monoisotopic (exact) mass is 508 g/mol. The summed E-state index contributed by atoms with van der Waals surface area (Å²) in [4.78, 5) is 35.6. The van der Waals surface area contributed by atoms with Crippen LogP contribution in [0.25, 0.3) is 20.4 Å². The number of aromatic amines is 1. The number of benzene rings is 1.